The number of hydrogen-bond donors (Lipinski definition) is 9. The molecular weight excluding hydrogens is 757 g/mol. The molecule has 21 nitrogen and oxygen atoms in total. The van der Waals surface area contributed by atoms with Crippen LogP contribution in [0.4, 0.5) is 4.79 Å². The first-order valence-electron chi connectivity index (χ1n) is 17.3. The zero-order chi connectivity index (χ0) is 41.6. The van der Waals surface area contributed by atoms with E-state index in [1.807, 2.05) is 27.7 Å². The van der Waals surface area contributed by atoms with Gasteiger partial charge in [0.15, 0.2) is 37.0 Å². The minimum Gasteiger partial charge on any atom is -0.479 e. The molecule has 0 bridgehead atoms. The van der Waals surface area contributed by atoms with E-state index in [9.17, 15) is 54.2 Å². The molecule has 2 fully saturated rings. The number of allylic oxidation sites excluding steroid dienone is 5. The summed E-state index contributed by atoms with van der Waals surface area (Å²) in [6.45, 7) is 6.82. The molecule has 2 rings (SSSR count). The van der Waals surface area contributed by atoms with Crippen molar-refractivity contribution in [2.45, 2.75) is 128 Å². The van der Waals surface area contributed by atoms with Crippen LogP contribution in [0.5, 0.6) is 0 Å². The molecule has 0 aromatic rings. The Balaban J connectivity index is 2.25. The number of hydrogen-bond acceptors (Lipinski definition) is 16. The third-order valence-corrected chi connectivity index (χ3v) is 9.30. The molecule has 12 atom stereocenters. The van der Waals surface area contributed by atoms with Crippen LogP contribution in [0.1, 0.15) is 60.3 Å². The lowest BCUT2D eigenvalue weighted by molar-refractivity contribution is -0.339. The molecule has 0 aliphatic carbocycles. The lowest BCUT2D eigenvalue weighted by Crippen LogP contribution is -2.68. The van der Waals surface area contributed by atoms with E-state index >= 15 is 0 Å². The van der Waals surface area contributed by atoms with Crippen molar-refractivity contribution >= 4 is 31.7 Å². The quantitative estimate of drug-likeness (QED) is 0.0515. The van der Waals surface area contributed by atoms with Gasteiger partial charge in [-0.1, -0.05) is 34.9 Å². The molecule has 2 aliphatic heterocycles. The number of phosphoric acid groups is 1. The monoisotopic (exact) mass is 811 g/mol. The van der Waals surface area contributed by atoms with Gasteiger partial charge in [-0.25, -0.2) is 14.2 Å². The molecule has 2 aliphatic rings. The summed E-state index contributed by atoms with van der Waals surface area (Å²) in [6.07, 6.45) is -12.2. The molecule has 314 valence electrons. The van der Waals surface area contributed by atoms with Gasteiger partial charge in [0.1, 0.15) is 30.5 Å². The smallest absolute Gasteiger partial charge is 0.474 e. The summed E-state index contributed by atoms with van der Waals surface area (Å²) in [5.41, 5.74) is 13.8. The van der Waals surface area contributed by atoms with Gasteiger partial charge in [-0.2, -0.15) is 0 Å². The highest BCUT2D eigenvalue weighted by Crippen LogP contribution is 2.47. The number of aliphatic carboxylic acids is 1. The Hall–Kier alpha value is -3.31. The average molecular weight is 812 g/mol. The minimum atomic E-state index is -5.47. The van der Waals surface area contributed by atoms with Crippen molar-refractivity contribution in [1.29, 1.82) is 0 Å². The minimum absolute atomic E-state index is 0.204. The number of nitrogens with two attached hydrogens (primary N) is 2. The predicted octanol–water partition coefficient (Wildman–Crippen LogP) is -0.627. The first kappa shape index (κ1) is 47.8. The second-order valence-electron chi connectivity index (χ2n) is 13.2. The number of carboxylic acid groups (broad SMARTS) is 1. The fourth-order valence-electron chi connectivity index (χ4n) is 5.46. The summed E-state index contributed by atoms with van der Waals surface area (Å²) in [7, 11) is -5.47. The second kappa shape index (κ2) is 22.4. The van der Waals surface area contributed by atoms with Crippen LogP contribution in [0.3, 0.4) is 0 Å². The normalized spacial score (nSPS) is 30.4. The molecule has 0 saturated carbocycles. The average Bonchev–Trinajstić information content (AvgIpc) is 3.07. The highest BCUT2D eigenvalue weighted by Gasteiger charge is 2.56. The molecule has 0 spiro atoms. The van der Waals surface area contributed by atoms with E-state index in [0.717, 1.165) is 31.8 Å². The largest absolute Gasteiger partial charge is 0.479 e. The van der Waals surface area contributed by atoms with Crippen LogP contribution in [-0.4, -0.2) is 142 Å². The van der Waals surface area contributed by atoms with Gasteiger partial charge in [0, 0.05) is 6.92 Å². The Morgan fingerprint density at radius 3 is 2.04 bits per heavy atom. The third-order valence-electron chi connectivity index (χ3n) is 8.35. The lowest BCUT2D eigenvalue weighted by Gasteiger charge is -2.47. The van der Waals surface area contributed by atoms with Gasteiger partial charge in [-0.3, -0.25) is 18.6 Å². The van der Waals surface area contributed by atoms with Crippen molar-refractivity contribution in [3.8, 4) is 0 Å². The molecule has 0 radical (unpaired) electrons. The molecule has 2 saturated heterocycles. The number of aliphatic hydroxyl groups excluding tert-OH is 4. The number of nitrogens with one attached hydrogen (secondary N) is 1. The summed E-state index contributed by atoms with van der Waals surface area (Å²) >= 11 is 0. The molecule has 11 N–H and O–H groups in total. The number of carbonyl (C=O) groups is 4. The number of ether oxygens (including phenoxy) is 5. The SMILES string of the molecule is CC(=O)NC1[C@H](O[C@@H]2C(OP(=O)(O)OC[C@@H](OC/C=C(/C)CC/C=C(\C)CCC=C(C)C)C(=O)O)OC(C(N)=O)C(O)[C@@H]2OC(N)=O)OC(CO)[C@@H](O)[C@@H]1O. The van der Waals surface area contributed by atoms with Crippen molar-refractivity contribution in [2.75, 3.05) is 19.8 Å². The summed E-state index contributed by atoms with van der Waals surface area (Å²) in [6, 6.07) is -1.64. The maximum Gasteiger partial charge on any atom is 0.474 e. The van der Waals surface area contributed by atoms with Gasteiger partial charge in [0.05, 0.1) is 19.8 Å². The number of primary amides is 2. The fourth-order valence-corrected chi connectivity index (χ4v) is 6.27. The summed E-state index contributed by atoms with van der Waals surface area (Å²) in [5.74, 6) is -3.73. The number of aliphatic hydroxyl groups is 4. The van der Waals surface area contributed by atoms with E-state index in [1.165, 1.54) is 11.1 Å². The standard InChI is InChI=1S/C33H54N3O18P/c1-16(2)8-6-9-17(3)10-7-11-18(4)12-13-48-21(30(43)44)15-49-55(46,47)54-32-28(26(53-33(35)45)25(41)27(51-32)29(34)42)52-31-22(36-19(5)38)24(40)23(39)20(14-37)50-31/h8,10,12,20-28,31-32,37,39-41H,6-7,9,11,13-15H2,1-5H3,(H2,34,42)(H2,35,45)(H,36,38)(H,43,44)(H,46,47)/b17-10+,18-12-/t20?,21-,22?,23-,24-,25?,26+,27?,28+,31+,32?/m1/s1. The first-order chi connectivity index (χ1) is 25.7. The number of rotatable bonds is 21. The van der Waals surface area contributed by atoms with Crippen molar-refractivity contribution in [2.24, 2.45) is 11.5 Å². The van der Waals surface area contributed by atoms with E-state index in [4.69, 9.17) is 44.2 Å². The van der Waals surface area contributed by atoms with E-state index in [-0.39, 0.29) is 6.61 Å². The zero-order valence-corrected chi connectivity index (χ0v) is 32.1. The lowest BCUT2D eigenvalue weighted by atomic mass is 9.95. The van der Waals surface area contributed by atoms with E-state index in [1.54, 1.807) is 6.08 Å². The number of amides is 3. The van der Waals surface area contributed by atoms with Crippen molar-refractivity contribution < 1.29 is 86.9 Å². The topological polar surface area (TPSA) is 335 Å². The van der Waals surface area contributed by atoms with Gasteiger partial charge in [-0.15, -0.1) is 0 Å². The Morgan fingerprint density at radius 2 is 1.49 bits per heavy atom. The highest BCUT2D eigenvalue weighted by molar-refractivity contribution is 7.47. The van der Waals surface area contributed by atoms with Gasteiger partial charge in [0.25, 0.3) is 0 Å². The highest BCUT2D eigenvalue weighted by atomic mass is 31.2. The Kier molecular flexibility index (Phi) is 19.5. The number of carboxylic acids is 1. The van der Waals surface area contributed by atoms with Crippen LogP contribution in [-0.2, 0) is 51.7 Å². The van der Waals surface area contributed by atoms with Crippen molar-refractivity contribution in [3.05, 3.63) is 34.9 Å². The number of carbonyl (C=O) groups excluding carboxylic acids is 3. The molecule has 6 unspecified atom stereocenters. The van der Waals surface area contributed by atoms with Crippen molar-refractivity contribution in [3.63, 3.8) is 0 Å². The Labute approximate surface area is 317 Å². The van der Waals surface area contributed by atoms with Crippen molar-refractivity contribution in [1.82, 2.24) is 5.32 Å². The van der Waals surface area contributed by atoms with E-state index in [0.29, 0.717) is 6.42 Å². The third kappa shape index (κ3) is 15.6. The van der Waals surface area contributed by atoms with Gasteiger partial charge >= 0.3 is 19.9 Å². The molecule has 3 amide bonds. The summed E-state index contributed by atoms with van der Waals surface area (Å²) in [4.78, 5) is 58.5. The Bertz CT molecular complexity index is 1450. The van der Waals surface area contributed by atoms with Crippen LogP contribution in [0.25, 0.3) is 0 Å². The van der Waals surface area contributed by atoms with Gasteiger partial charge < -0.3 is 70.9 Å². The molecule has 22 heteroatoms. The van der Waals surface area contributed by atoms with Crippen LogP contribution < -0.4 is 16.8 Å². The van der Waals surface area contributed by atoms with Crippen LogP contribution in [0, 0.1) is 0 Å². The molecular formula is C33H54N3O18P. The predicted molar refractivity (Wildman–Crippen MR) is 188 cm³/mol. The maximum absolute atomic E-state index is 13.2. The van der Waals surface area contributed by atoms with E-state index < -0.39 is 112 Å². The zero-order valence-electron chi connectivity index (χ0n) is 31.2. The molecule has 55 heavy (non-hydrogen) atoms. The first-order valence-corrected chi connectivity index (χ1v) is 18.8. The summed E-state index contributed by atoms with van der Waals surface area (Å²) < 4.78 is 50.0. The Morgan fingerprint density at radius 1 is 0.873 bits per heavy atom. The maximum atomic E-state index is 13.2. The summed E-state index contributed by atoms with van der Waals surface area (Å²) in [5, 5.41) is 53.5. The molecule has 0 aromatic heterocycles. The number of phosphoric ester groups is 1. The molecule has 2 heterocycles. The van der Waals surface area contributed by atoms with Gasteiger partial charge in [0.2, 0.25) is 11.8 Å². The molecule has 0 aromatic carbocycles. The fraction of sp³-hybridized carbons (Fsp3) is 0.697. The van der Waals surface area contributed by atoms with E-state index in [2.05, 4.69) is 17.5 Å². The van der Waals surface area contributed by atoms with Gasteiger partial charge in [-0.05, 0) is 53.4 Å². The van der Waals surface area contributed by atoms with Crippen LogP contribution in [0.2, 0.25) is 0 Å². The second-order valence-corrected chi connectivity index (χ2v) is 14.6. The van der Waals surface area contributed by atoms with Crippen LogP contribution >= 0.6 is 7.82 Å². The van der Waals surface area contributed by atoms with Crippen LogP contribution in [0.15, 0.2) is 34.9 Å².